The third kappa shape index (κ3) is 3.04. The molecule has 0 aliphatic rings. The van der Waals surface area contributed by atoms with Crippen LogP contribution in [0.2, 0.25) is 0 Å². The Kier molecular flexibility index (Phi) is 4.13. The van der Waals surface area contributed by atoms with Crippen LogP contribution < -0.4 is 5.32 Å². The van der Waals surface area contributed by atoms with Crippen LogP contribution in [0.5, 0.6) is 0 Å². The fourth-order valence-corrected chi connectivity index (χ4v) is 2.88. The van der Waals surface area contributed by atoms with Crippen molar-refractivity contribution in [1.82, 2.24) is 5.32 Å². The molecule has 3 aromatic rings. The van der Waals surface area contributed by atoms with Crippen LogP contribution >= 0.6 is 15.9 Å². The van der Waals surface area contributed by atoms with Crippen molar-refractivity contribution in [2.24, 2.45) is 0 Å². The molecule has 0 saturated heterocycles. The van der Waals surface area contributed by atoms with E-state index in [1.807, 2.05) is 12.1 Å². The van der Waals surface area contributed by atoms with E-state index in [-0.39, 0.29) is 0 Å². The number of hydrogen-bond donors (Lipinski definition) is 1. The molecule has 0 fully saturated rings. The Balaban J connectivity index is 1.99. The zero-order valence-corrected chi connectivity index (χ0v) is 13.8. The van der Waals surface area contributed by atoms with Gasteiger partial charge >= 0.3 is 0 Å². The molecule has 0 spiro atoms. The van der Waals surface area contributed by atoms with Gasteiger partial charge in [0, 0.05) is 16.1 Å². The Hall–Kier alpha value is -1.58. The van der Waals surface area contributed by atoms with Gasteiger partial charge in [0.05, 0.1) is 6.54 Å². The van der Waals surface area contributed by atoms with Gasteiger partial charge in [0.15, 0.2) is 0 Å². The normalized spacial score (nSPS) is 11.4. The zero-order valence-electron chi connectivity index (χ0n) is 12.2. The molecule has 0 amide bonds. The fourth-order valence-electron chi connectivity index (χ4n) is 2.40. The molecule has 1 aromatic heterocycles. The molecule has 0 bridgehead atoms. The third-order valence-electron chi connectivity index (χ3n) is 3.48. The van der Waals surface area contributed by atoms with Crippen molar-refractivity contribution in [2.75, 3.05) is 0 Å². The summed E-state index contributed by atoms with van der Waals surface area (Å²) in [5.41, 5.74) is 1.13. The minimum absolute atomic E-state index is 0.451. The lowest BCUT2D eigenvalue weighted by atomic mass is 10.0. The number of halogens is 1. The molecule has 1 N–H and O–H groups in total. The van der Waals surface area contributed by atoms with Gasteiger partial charge in [0.25, 0.3) is 0 Å². The molecule has 0 aliphatic heterocycles. The molecule has 3 heteroatoms. The number of benzene rings is 2. The number of hydrogen-bond acceptors (Lipinski definition) is 2. The van der Waals surface area contributed by atoms with Gasteiger partial charge in [-0.05, 0) is 35.0 Å². The van der Waals surface area contributed by atoms with Crippen molar-refractivity contribution in [3.8, 4) is 11.3 Å². The van der Waals surface area contributed by atoms with E-state index in [4.69, 9.17) is 4.42 Å². The number of rotatable bonds is 4. The summed E-state index contributed by atoms with van der Waals surface area (Å²) in [5.74, 6) is 1.88. The topological polar surface area (TPSA) is 25.2 Å². The standard InChI is InChI=1S/C18H18BrNO/c1-12(2)20-11-13-7-10-18(21-13)16-8-9-17(19)15-6-4-3-5-14(15)16/h3-10,12,20H,11H2,1-2H3. The van der Waals surface area contributed by atoms with Crippen LogP contribution in [-0.4, -0.2) is 6.04 Å². The van der Waals surface area contributed by atoms with Gasteiger partial charge in [0.1, 0.15) is 11.5 Å². The van der Waals surface area contributed by atoms with E-state index in [1.165, 1.54) is 10.8 Å². The Morgan fingerprint density at radius 1 is 1.00 bits per heavy atom. The number of furan rings is 1. The minimum Gasteiger partial charge on any atom is -0.460 e. The maximum atomic E-state index is 5.99. The van der Waals surface area contributed by atoms with Crippen LogP contribution in [-0.2, 0) is 6.54 Å². The first kappa shape index (κ1) is 14.4. The van der Waals surface area contributed by atoms with Crippen LogP contribution in [0, 0.1) is 0 Å². The highest BCUT2D eigenvalue weighted by Gasteiger charge is 2.10. The molecule has 0 unspecified atom stereocenters. The average molecular weight is 344 g/mol. The van der Waals surface area contributed by atoms with E-state index >= 15 is 0 Å². The Labute approximate surface area is 133 Å². The van der Waals surface area contributed by atoms with Gasteiger partial charge in [-0.1, -0.05) is 54.0 Å². The van der Waals surface area contributed by atoms with E-state index in [0.717, 1.165) is 28.1 Å². The van der Waals surface area contributed by atoms with Crippen molar-refractivity contribution >= 4 is 26.7 Å². The number of nitrogens with one attached hydrogen (secondary N) is 1. The molecule has 21 heavy (non-hydrogen) atoms. The largest absolute Gasteiger partial charge is 0.460 e. The van der Waals surface area contributed by atoms with E-state index in [0.29, 0.717) is 6.04 Å². The van der Waals surface area contributed by atoms with Gasteiger partial charge in [-0.15, -0.1) is 0 Å². The molecule has 0 radical (unpaired) electrons. The first-order valence-corrected chi connectivity index (χ1v) is 7.94. The second kappa shape index (κ2) is 6.04. The maximum absolute atomic E-state index is 5.99. The van der Waals surface area contributed by atoms with E-state index < -0.39 is 0 Å². The van der Waals surface area contributed by atoms with Gasteiger partial charge in [-0.2, -0.15) is 0 Å². The predicted molar refractivity (Wildman–Crippen MR) is 91.3 cm³/mol. The van der Waals surface area contributed by atoms with E-state index in [2.05, 4.69) is 71.5 Å². The molecule has 3 rings (SSSR count). The summed E-state index contributed by atoms with van der Waals surface area (Å²) in [7, 11) is 0. The predicted octanol–water partition coefficient (Wildman–Crippen LogP) is 5.36. The maximum Gasteiger partial charge on any atom is 0.134 e. The Morgan fingerprint density at radius 3 is 2.52 bits per heavy atom. The lowest BCUT2D eigenvalue weighted by Gasteiger charge is -2.07. The van der Waals surface area contributed by atoms with Crippen molar-refractivity contribution in [3.63, 3.8) is 0 Å². The SMILES string of the molecule is CC(C)NCc1ccc(-c2ccc(Br)c3ccccc23)o1. The van der Waals surface area contributed by atoms with Crippen molar-refractivity contribution in [1.29, 1.82) is 0 Å². The molecule has 2 nitrogen and oxygen atoms in total. The summed E-state index contributed by atoms with van der Waals surface area (Å²) in [6, 6.07) is 17.1. The van der Waals surface area contributed by atoms with Gasteiger partial charge < -0.3 is 9.73 Å². The molecule has 108 valence electrons. The summed E-state index contributed by atoms with van der Waals surface area (Å²) in [4.78, 5) is 0. The van der Waals surface area contributed by atoms with Gasteiger partial charge in [-0.25, -0.2) is 0 Å². The molecule has 0 saturated carbocycles. The summed E-state index contributed by atoms with van der Waals surface area (Å²) >= 11 is 3.61. The second-order valence-corrected chi connectivity index (χ2v) is 6.30. The summed E-state index contributed by atoms with van der Waals surface area (Å²) in [6.45, 7) is 5.02. The lowest BCUT2D eigenvalue weighted by Crippen LogP contribution is -2.21. The molecule has 1 heterocycles. The highest BCUT2D eigenvalue weighted by Crippen LogP contribution is 2.33. The summed E-state index contributed by atoms with van der Waals surface area (Å²) < 4.78 is 7.10. The Morgan fingerprint density at radius 2 is 1.76 bits per heavy atom. The minimum atomic E-state index is 0.451. The van der Waals surface area contributed by atoms with E-state index in [9.17, 15) is 0 Å². The monoisotopic (exact) mass is 343 g/mol. The third-order valence-corrected chi connectivity index (χ3v) is 4.17. The zero-order chi connectivity index (χ0) is 14.8. The van der Waals surface area contributed by atoms with Gasteiger partial charge in [-0.3, -0.25) is 0 Å². The Bertz CT molecular complexity index is 761. The molecule has 0 aliphatic carbocycles. The quantitative estimate of drug-likeness (QED) is 0.689. The van der Waals surface area contributed by atoms with Crippen molar-refractivity contribution in [3.05, 3.63) is 58.8 Å². The molecule has 2 aromatic carbocycles. The summed E-state index contributed by atoms with van der Waals surface area (Å²) in [6.07, 6.45) is 0. The second-order valence-electron chi connectivity index (χ2n) is 5.44. The van der Waals surface area contributed by atoms with Crippen molar-refractivity contribution in [2.45, 2.75) is 26.4 Å². The molecule has 0 atom stereocenters. The summed E-state index contributed by atoms with van der Waals surface area (Å²) in [5, 5.41) is 5.77. The van der Waals surface area contributed by atoms with Crippen molar-refractivity contribution < 1.29 is 4.42 Å². The van der Waals surface area contributed by atoms with E-state index in [1.54, 1.807) is 0 Å². The van der Waals surface area contributed by atoms with Crippen LogP contribution in [0.15, 0.2) is 57.4 Å². The van der Waals surface area contributed by atoms with Crippen LogP contribution in [0.4, 0.5) is 0 Å². The number of fused-ring (bicyclic) bond motifs is 1. The fraction of sp³-hybridized carbons (Fsp3) is 0.222. The smallest absolute Gasteiger partial charge is 0.134 e. The molecular weight excluding hydrogens is 326 g/mol. The average Bonchev–Trinajstić information content (AvgIpc) is 2.94. The lowest BCUT2D eigenvalue weighted by molar-refractivity contribution is 0.473. The van der Waals surface area contributed by atoms with Crippen LogP contribution in [0.1, 0.15) is 19.6 Å². The first-order chi connectivity index (χ1) is 10.1. The highest BCUT2D eigenvalue weighted by molar-refractivity contribution is 9.10. The van der Waals surface area contributed by atoms with Gasteiger partial charge in [0.2, 0.25) is 0 Å². The highest BCUT2D eigenvalue weighted by atomic mass is 79.9. The molecular formula is C18H18BrNO. The van der Waals surface area contributed by atoms with Crippen LogP contribution in [0.25, 0.3) is 22.1 Å². The van der Waals surface area contributed by atoms with Crippen LogP contribution in [0.3, 0.4) is 0 Å². The first-order valence-electron chi connectivity index (χ1n) is 7.15.